The summed E-state index contributed by atoms with van der Waals surface area (Å²) in [6.07, 6.45) is 6.47. The molecule has 0 saturated heterocycles. The van der Waals surface area contributed by atoms with Gasteiger partial charge in [0.05, 0.1) is 0 Å². The van der Waals surface area contributed by atoms with Crippen molar-refractivity contribution >= 4 is 0 Å². The lowest BCUT2D eigenvalue weighted by molar-refractivity contribution is 0.00753. The number of rotatable bonds is 2. The molecule has 1 aromatic carbocycles. The van der Waals surface area contributed by atoms with Crippen molar-refractivity contribution in [1.82, 2.24) is 0 Å². The predicted molar refractivity (Wildman–Crippen MR) is 86.0 cm³/mol. The van der Waals surface area contributed by atoms with E-state index >= 15 is 0 Å². The van der Waals surface area contributed by atoms with E-state index < -0.39 is 0 Å². The molecule has 1 aliphatic carbocycles. The Balaban J connectivity index is 2.10. The molecule has 0 bridgehead atoms. The second-order valence-corrected chi connectivity index (χ2v) is 7.19. The highest BCUT2D eigenvalue weighted by molar-refractivity contribution is 5.52. The van der Waals surface area contributed by atoms with Gasteiger partial charge in [0.2, 0.25) is 0 Å². The van der Waals surface area contributed by atoms with Crippen LogP contribution in [0.3, 0.4) is 0 Å². The molecule has 2 heteroatoms. The molecule has 1 aliphatic heterocycles. The van der Waals surface area contributed by atoms with Gasteiger partial charge in [-0.2, -0.15) is 0 Å². The van der Waals surface area contributed by atoms with Crippen LogP contribution in [0.4, 0.5) is 0 Å². The molecular formula is C19H26O2. The molecule has 0 saturated carbocycles. The minimum Gasteiger partial charge on any atom is -0.508 e. The van der Waals surface area contributed by atoms with Crippen molar-refractivity contribution in [2.75, 3.05) is 0 Å². The average Bonchev–Trinajstić information content (AvgIpc) is 2.37. The molecule has 21 heavy (non-hydrogen) atoms. The van der Waals surface area contributed by atoms with Crippen molar-refractivity contribution in [3.63, 3.8) is 0 Å². The number of fused-ring (bicyclic) bond motifs is 3. The van der Waals surface area contributed by atoms with E-state index in [1.54, 1.807) is 0 Å². The Labute approximate surface area is 127 Å². The van der Waals surface area contributed by atoms with Gasteiger partial charge in [0, 0.05) is 17.4 Å². The van der Waals surface area contributed by atoms with Gasteiger partial charge in [-0.05, 0) is 57.7 Å². The Kier molecular flexibility index (Phi) is 3.51. The number of phenolic OH excluding ortho intramolecular Hbond substituents is 1. The lowest BCUT2D eigenvalue weighted by atomic mass is 9.67. The van der Waals surface area contributed by atoms with Gasteiger partial charge in [-0.25, -0.2) is 0 Å². The molecule has 3 rings (SSSR count). The molecule has 0 aromatic heterocycles. The van der Waals surface area contributed by atoms with Crippen LogP contribution in [0, 0.1) is 5.92 Å². The monoisotopic (exact) mass is 286 g/mol. The van der Waals surface area contributed by atoms with Crippen LogP contribution in [0.2, 0.25) is 0 Å². The molecule has 0 fully saturated rings. The molecule has 1 heterocycles. The summed E-state index contributed by atoms with van der Waals surface area (Å²) < 4.78 is 6.30. The van der Waals surface area contributed by atoms with Gasteiger partial charge < -0.3 is 9.84 Å². The zero-order chi connectivity index (χ0) is 15.2. The minimum absolute atomic E-state index is 0.174. The number of aryl methyl sites for hydroxylation is 1. The first-order valence-corrected chi connectivity index (χ1v) is 8.12. The second kappa shape index (κ2) is 5.08. The Morgan fingerprint density at radius 1 is 1.33 bits per heavy atom. The van der Waals surface area contributed by atoms with Crippen LogP contribution in [0.25, 0.3) is 0 Å². The predicted octanol–water partition coefficient (Wildman–Crippen LogP) is 4.96. The maximum absolute atomic E-state index is 10.6. The summed E-state index contributed by atoms with van der Waals surface area (Å²) in [5, 5.41) is 10.6. The van der Waals surface area contributed by atoms with Crippen molar-refractivity contribution in [1.29, 1.82) is 0 Å². The fourth-order valence-electron chi connectivity index (χ4n) is 4.05. The molecule has 1 aromatic rings. The normalized spacial score (nSPS) is 26.4. The first kappa shape index (κ1) is 14.5. The smallest absolute Gasteiger partial charge is 0.127 e. The van der Waals surface area contributed by atoms with Gasteiger partial charge in [-0.15, -0.1) is 0 Å². The average molecular weight is 286 g/mol. The highest BCUT2D eigenvalue weighted by Crippen LogP contribution is 2.54. The van der Waals surface area contributed by atoms with Gasteiger partial charge in [0.1, 0.15) is 17.1 Å². The van der Waals surface area contributed by atoms with Crippen molar-refractivity contribution in [3.05, 3.63) is 34.9 Å². The number of hydrogen-bond acceptors (Lipinski definition) is 2. The van der Waals surface area contributed by atoms with E-state index in [4.69, 9.17) is 4.74 Å². The number of aromatic hydroxyl groups is 1. The fraction of sp³-hybridized carbons (Fsp3) is 0.579. The summed E-state index contributed by atoms with van der Waals surface area (Å²) in [5.41, 5.74) is 3.46. The minimum atomic E-state index is -0.174. The topological polar surface area (TPSA) is 29.5 Å². The van der Waals surface area contributed by atoms with Crippen LogP contribution in [0.1, 0.15) is 64.0 Å². The molecule has 0 amide bonds. The summed E-state index contributed by atoms with van der Waals surface area (Å²) in [6.45, 7) is 8.73. The summed E-state index contributed by atoms with van der Waals surface area (Å²) in [7, 11) is 0. The molecule has 2 nitrogen and oxygen atoms in total. The Bertz CT molecular complexity index is 583. The first-order valence-electron chi connectivity index (χ1n) is 8.12. The Morgan fingerprint density at radius 3 is 2.81 bits per heavy atom. The van der Waals surface area contributed by atoms with Gasteiger partial charge in [-0.3, -0.25) is 0 Å². The van der Waals surface area contributed by atoms with E-state index in [0.717, 1.165) is 37.0 Å². The van der Waals surface area contributed by atoms with Crippen molar-refractivity contribution in [3.8, 4) is 11.5 Å². The van der Waals surface area contributed by atoms with E-state index in [-0.39, 0.29) is 5.60 Å². The van der Waals surface area contributed by atoms with Crippen LogP contribution >= 0.6 is 0 Å². The van der Waals surface area contributed by atoms with E-state index in [9.17, 15) is 5.11 Å². The maximum Gasteiger partial charge on any atom is 0.127 e. The van der Waals surface area contributed by atoms with Crippen molar-refractivity contribution in [2.45, 2.75) is 64.9 Å². The number of allylic oxidation sites excluding steroid dienone is 2. The zero-order valence-electron chi connectivity index (χ0n) is 13.6. The van der Waals surface area contributed by atoms with E-state index in [1.165, 1.54) is 11.1 Å². The number of hydrogen-bond donors (Lipinski definition) is 1. The summed E-state index contributed by atoms with van der Waals surface area (Å²) >= 11 is 0. The van der Waals surface area contributed by atoms with Crippen LogP contribution < -0.4 is 4.74 Å². The Hall–Kier alpha value is -1.44. The molecule has 2 aliphatic rings. The maximum atomic E-state index is 10.6. The van der Waals surface area contributed by atoms with E-state index in [0.29, 0.717) is 17.6 Å². The van der Waals surface area contributed by atoms with Gasteiger partial charge in [0.25, 0.3) is 0 Å². The summed E-state index contributed by atoms with van der Waals surface area (Å²) in [6, 6.07) is 4.08. The molecule has 0 spiro atoms. The van der Waals surface area contributed by atoms with Crippen molar-refractivity contribution in [2.24, 2.45) is 5.92 Å². The van der Waals surface area contributed by atoms with Gasteiger partial charge in [-0.1, -0.05) is 25.0 Å². The van der Waals surface area contributed by atoms with E-state index in [2.05, 4.69) is 39.8 Å². The summed E-state index contributed by atoms with van der Waals surface area (Å²) in [5.74, 6) is 2.15. The third kappa shape index (κ3) is 2.45. The largest absolute Gasteiger partial charge is 0.508 e. The van der Waals surface area contributed by atoms with Crippen molar-refractivity contribution < 1.29 is 9.84 Å². The highest BCUT2D eigenvalue weighted by atomic mass is 16.5. The van der Waals surface area contributed by atoms with Gasteiger partial charge >= 0.3 is 0 Å². The molecule has 0 radical (unpaired) electrons. The SMILES string of the molecule is CCCc1cc(O)c2c(c1)OC(C)(C)C1CC=C(C)CC21. The lowest BCUT2D eigenvalue weighted by Gasteiger charge is -2.47. The number of phenols is 1. The second-order valence-electron chi connectivity index (χ2n) is 7.19. The molecular weight excluding hydrogens is 260 g/mol. The van der Waals surface area contributed by atoms with Crippen LogP contribution in [-0.4, -0.2) is 10.7 Å². The molecule has 2 atom stereocenters. The Morgan fingerprint density at radius 2 is 2.10 bits per heavy atom. The fourth-order valence-corrected chi connectivity index (χ4v) is 4.05. The number of ether oxygens (including phenoxy) is 1. The standard InChI is InChI=1S/C19H26O2/c1-5-6-13-10-16(20)18-14-9-12(2)7-8-15(14)19(3,4)21-17(18)11-13/h7,10-11,14-15,20H,5-6,8-9H2,1-4H3. The third-order valence-corrected chi connectivity index (χ3v) is 5.10. The third-order valence-electron chi connectivity index (χ3n) is 5.10. The van der Waals surface area contributed by atoms with Crippen LogP contribution in [0.15, 0.2) is 23.8 Å². The zero-order valence-corrected chi connectivity index (χ0v) is 13.6. The van der Waals surface area contributed by atoms with E-state index in [1.807, 2.05) is 6.07 Å². The van der Waals surface area contributed by atoms with Crippen LogP contribution in [-0.2, 0) is 6.42 Å². The molecule has 1 N–H and O–H groups in total. The summed E-state index contributed by atoms with van der Waals surface area (Å²) in [4.78, 5) is 0. The highest BCUT2D eigenvalue weighted by Gasteiger charge is 2.45. The molecule has 114 valence electrons. The quantitative estimate of drug-likeness (QED) is 0.779. The number of benzene rings is 1. The first-order chi connectivity index (χ1) is 9.92. The lowest BCUT2D eigenvalue weighted by Crippen LogP contribution is -2.45. The molecule has 2 unspecified atom stereocenters. The van der Waals surface area contributed by atoms with Gasteiger partial charge in [0.15, 0.2) is 0 Å². The van der Waals surface area contributed by atoms with Crippen LogP contribution in [0.5, 0.6) is 11.5 Å².